The number of nitrogens with two attached hydrogens (primary N) is 2. The normalized spacial score (nSPS) is 11.8. The second kappa shape index (κ2) is 11.5. The molecular formula is C26H30ClN5O3S. The fourth-order valence-corrected chi connectivity index (χ4v) is 4.60. The summed E-state index contributed by atoms with van der Waals surface area (Å²) in [6.07, 6.45) is 0.778. The highest BCUT2D eigenvalue weighted by molar-refractivity contribution is 7.09. The summed E-state index contributed by atoms with van der Waals surface area (Å²) in [5.74, 6) is -1.36. The summed E-state index contributed by atoms with van der Waals surface area (Å²) < 4.78 is 3.99. The first-order valence-electron chi connectivity index (χ1n) is 11.5. The number of anilines is 2. The van der Waals surface area contributed by atoms with Crippen molar-refractivity contribution in [3.05, 3.63) is 74.7 Å². The highest BCUT2D eigenvalue weighted by Crippen LogP contribution is 2.35. The van der Waals surface area contributed by atoms with Crippen LogP contribution in [-0.4, -0.2) is 28.6 Å². The average Bonchev–Trinajstić information content (AvgIpc) is 3.21. The highest BCUT2D eigenvalue weighted by Gasteiger charge is 2.36. The summed E-state index contributed by atoms with van der Waals surface area (Å²) in [6.45, 7) is 8.34. The molecule has 0 saturated heterocycles. The third-order valence-electron chi connectivity index (χ3n) is 5.71. The van der Waals surface area contributed by atoms with Gasteiger partial charge in [0.1, 0.15) is 10.9 Å². The molecule has 1 heterocycles. The number of primary amides is 1. The van der Waals surface area contributed by atoms with Gasteiger partial charge >= 0.3 is 0 Å². The van der Waals surface area contributed by atoms with E-state index in [1.807, 2.05) is 32.0 Å². The standard InChI is InChI=1S/C26H30ClN5O3S/c1-14(2)11-12-30-25(34)22(17-7-9-18(27)10-8-17)32(19-13-15(3)5-6-16(19)4)26(35)23-20(28)21(24(29)33)31-36-23/h5-10,13-14,22H,11-12,28H2,1-4H3,(H2,29,33)(H,30,34)/t22-/m1/s1. The molecular weight excluding hydrogens is 498 g/mol. The molecule has 36 heavy (non-hydrogen) atoms. The number of rotatable bonds is 9. The van der Waals surface area contributed by atoms with Crippen LogP contribution in [0.25, 0.3) is 0 Å². The van der Waals surface area contributed by atoms with Crippen LogP contribution >= 0.6 is 23.1 Å². The average molecular weight is 528 g/mol. The number of hydrogen-bond donors (Lipinski definition) is 3. The molecule has 0 fully saturated rings. The number of nitrogens with one attached hydrogen (secondary N) is 1. The van der Waals surface area contributed by atoms with Crippen LogP contribution in [0.5, 0.6) is 0 Å². The summed E-state index contributed by atoms with van der Waals surface area (Å²) in [4.78, 5) is 41.0. The third-order valence-corrected chi connectivity index (χ3v) is 6.81. The van der Waals surface area contributed by atoms with Crippen molar-refractivity contribution >= 4 is 52.2 Å². The van der Waals surface area contributed by atoms with Gasteiger partial charge in [-0.05, 0) is 72.6 Å². The maximum Gasteiger partial charge on any atom is 0.273 e. The SMILES string of the molecule is Cc1ccc(C)c(N(C(=O)c2snc(C(N)=O)c2N)[C@@H](C(=O)NCCC(C)C)c2ccc(Cl)cc2)c1. The fraction of sp³-hybridized carbons (Fsp3) is 0.308. The van der Waals surface area contributed by atoms with Crippen LogP contribution in [0.15, 0.2) is 42.5 Å². The predicted octanol–water partition coefficient (Wildman–Crippen LogP) is 4.64. The van der Waals surface area contributed by atoms with Crippen molar-refractivity contribution in [1.29, 1.82) is 0 Å². The molecule has 0 spiro atoms. The molecule has 0 saturated carbocycles. The van der Waals surface area contributed by atoms with E-state index in [0.717, 1.165) is 29.1 Å². The van der Waals surface area contributed by atoms with E-state index in [1.165, 1.54) is 4.90 Å². The van der Waals surface area contributed by atoms with Gasteiger partial charge in [0.15, 0.2) is 5.69 Å². The van der Waals surface area contributed by atoms with Crippen molar-refractivity contribution in [3.63, 3.8) is 0 Å². The van der Waals surface area contributed by atoms with Crippen LogP contribution in [0.4, 0.5) is 11.4 Å². The number of hydrogen-bond acceptors (Lipinski definition) is 6. The molecule has 1 aromatic heterocycles. The first-order chi connectivity index (χ1) is 17.0. The van der Waals surface area contributed by atoms with Gasteiger partial charge in [-0.3, -0.25) is 19.3 Å². The second-order valence-corrected chi connectivity index (χ2v) is 10.2. The molecule has 2 aromatic carbocycles. The number of amides is 3. The lowest BCUT2D eigenvalue weighted by molar-refractivity contribution is -0.122. The maximum atomic E-state index is 14.1. The van der Waals surface area contributed by atoms with Gasteiger partial charge in [-0.2, -0.15) is 4.37 Å². The number of carbonyl (C=O) groups excluding carboxylic acids is 3. The van der Waals surface area contributed by atoms with Crippen molar-refractivity contribution in [2.45, 2.75) is 40.2 Å². The van der Waals surface area contributed by atoms with Crippen LogP contribution in [0.2, 0.25) is 5.02 Å². The molecule has 3 amide bonds. The van der Waals surface area contributed by atoms with E-state index < -0.39 is 17.9 Å². The van der Waals surface area contributed by atoms with Crippen molar-refractivity contribution in [1.82, 2.24) is 9.69 Å². The Morgan fingerprint density at radius 2 is 1.78 bits per heavy atom. The van der Waals surface area contributed by atoms with Gasteiger partial charge in [0, 0.05) is 17.3 Å². The van der Waals surface area contributed by atoms with Gasteiger partial charge in [-0.15, -0.1) is 0 Å². The molecule has 5 N–H and O–H groups in total. The zero-order chi connectivity index (χ0) is 26.6. The van der Waals surface area contributed by atoms with Gasteiger partial charge in [0.05, 0.1) is 5.69 Å². The van der Waals surface area contributed by atoms with Gasteiger partial charge in [-0.25, -0.2) is 0 Å². The first-order valence-corrected chi connectivity index (χ1v) is 12.6. The number of nitrogens with zero attached hydrogens (tertiary/aromatic N) is 2. The first kappa shape index (κ1) is 27.2. The maximum absolute atomic E-state index is 14.1. The second-order valence-electron chi connectivity index (χ2n) is 9.03. The number of aromatic nitrogens is 1. The fourth-order valence-electron chi connectivity index (χ4n) is 3.73. The minimum atomic E-state index is -1.04. The van der Waals surface area contributed by atoms with Crippen molar-refractivity contribution in [3.8, 4) is 0 Å². The molecule has 0 aliphatic heterocycles. The van der Waals surface area contributed by atoms with Gasteiger partial charge < -0.3 is 16.8 Å². The topological polar surface area (TPSA) is 131 Å². The zero-order valence-electron chi connectivity index (χ0n) is 20.7. The van der Waals surface area contributed by atoms with Crippen LogP contribution in [0, 0.1) is 19.8 Å². The number of nitrogen functional groups attached to an aromatic ring is 1. The molecule has 3 rings (SSSR count). The van der Waals surface area contributed by atoms with E-state index in [-0.39, 0.29) is 22.2 Å². The zero-order valence-corrected chi connectivity index (χ0v) is 22.2. The lowest BCUT2D eigenvalue weighted by atomic mass is 10.00. The number of halogens is 1. The highest BCUT2D eigenvalue weighted by atomic mass is 35.5. The quantitative estimate of drug-likeness (QED) is 0.373. The predicted molar refractivity (Wildman–Crippen MR) is 144 cm³/mol. The Morgan fingerprint density at radius 1 is 1.11 bits per heavy atom. The third kappa shape index (κ3) is 6.03. The number of benzene rings is 2. The Labute approximate surface area is 219 Å². The Balaban J connectivity index is 2.21. The summed E-state index contributed by atoms with van der Waals surface area (Å²) >= 11 is 6.89. The molecule has 1 atom stereocenters. The monoisotopic (exact) mass is 527 g/mol. The van der Waals surface area contributed by atoms with Gasteiger partial charge in [0.2, 0.25) is 5.91 Å². The van der Waals surface area contributed by atoms with E-state index in [1.54, 1.807) is 24.3 Å². The van der Waals surface area contributed by atoms with Crippen LogP contribution in [0.3, 0.4) is 0 Å². The molecule has 0 aliphatic rings. The minimum Gasteiger partial charge on any atom is -0.395 e. The van der Waals surface area contributed by atoms with E-state index >= 15 is 0 Å². The summed E-state index contributed by atoms with van der Waals surface area (Å²) in [7, 11) is 0. The minimum absolute atomic E-state index is 0.0265. The molecule has 0 aliphatic carbocycles. The van der Waals surface area contributed by atoms with Crippen molar-refractivity contribution < 1.29 is 14.4 Å². The van der Waals surface area contributed by atoms with Crippen LogP contribution < -0.4 is 21.7 Å². The smallest absolute Gasteiger partial charge is 0.273 e. The lowest BCUT2D eigenvalue weighted by Gasteiger charge is -2.32. The lowest BCUT2D eigenvalue weighted by Crippen LogP contribution is -2.44. The Kier molecular flexibility index (Phi) is 8.70. The number of aryl methyl sites for hydroxylation is 2. The number of carbonyl (C=O) groups is 3. The van der Waals surface area contributed by atoms with E-state index in [2.05, 4.69) is 23.5 Å². The Morgan fingerprint density at radius 3 is 2.36 bits per heavy atom. The van der Waals surface area contributed by atoms with Gasteiger partial charge in [0.25, 0.3) is 11.8 Å². The molecule has 190 valence electrons. The summed E-state index contributed by atoms with van der Waals surface area (Å²) in [5, 5.41) is 3.47. The van der Waals surface area contributed by atoms with E-state index in [4.69, 9.17) is 23.1 Å². The molecule has 0 radical (unpaired) electrons. The van der Waals surface area contributed by atoms with E-state index in [0.29, 0.717) is 28.7 Å². The van der Waals surface area contributed by atoms with Gasteiger partial charge in [-0.1, -0.05) is 49.7 Å². The van der Waals surface area contributed by atoms with E-state index in [9.17, 15) is 14.4 Å². The largest absolute Gasteiger partial charge is 0.395 e. The molecule has 0 unspecified atom stereocenters. The van der Waals surface area contributed by atoms with Crippen LogP contribution in [-0.2, 0) is 4.79 Å². The van der Waals surface area contributed by atoms with Crippen molar-refractivity contribution in [2.75, 3.05) is 17.2 Å². The summed E-state index contributed by atoms with van der Waals surface area (Å²) in [5.41, 5.74) is 14.0. The molecule has 3 aromatic rings. The molecule has 10 heteroatoms. The van der Waals surface area contributed by atoms with Crippen LogP contribution in [0.1, 0.15) is 63.2 Å². The Hall–Kier alpha value is -3.43. The summed E-state index contributed by atoms with van der Waals surface area (Å²) in [6, 6.07) is 11.4. The molecule has 0 bridgehead atoms. The molecule has 8 nitrogen and oxygen atoms in total. The Bertz CT molecular complexity index is 1270. The van der Waals surface area contributed by atoms with Crippen molar-refractivity contribution in [2.24, 2.45) is 11.7 Å².